The van der Waals surface area contributed by atoms with E-state index in [1.165, 1.54) is 0 Å². The highest BCUT2D eigenvalue weighted by Crippen LogP contribution is 2.16. The Kier molecular flexibility index (Phi) is 4.66. The van der Waals surface area contributed by atoms with Gasteiger partial charge in [-0.15, -0.1) is 4.28 Å². The SMILES string of the molecule is CC(OCc1ccccc1)C(C)N1OS(=O)(=O)ON=C1N. The maximum absolute atomic E-state index is 11.2. The van der Waals surface area contributed by atoms with Crippen LogP contribution in [0, 0.1) is 0 Å². The Morgan fingerprint density at radius 1 is 1.33 bits per heavy atom. The molecule has 2 unspecified atom stereocenters. The van der Waals surface area contributed by atoms with E-state index in [0.717, 1.165) is 10.6 Å². The second-order valence-electron chi connectivity index (χ2n) is 4.57. The van der Waals surface area contributed by atoms with Gasteiger partial charge in [0.2, 0.25) is 0 Å². The topological polar surface area (TPSA) is 103 Å². The number of ether oxygens (including phenoxy) is 1. The molecule has 8 nitrogen and oxygen atoms in total. The zero-order chi connectivity index (χ0) is 15.5. The van der Waals surface area contributed by atoms with Crippen LogP contribution in [0.4, 0.5) is 0 Å². The number of nitrogens with two attached hydrogens (primary N) is 1. The lowest BCUT2D eigenvalue weighted by atomic mass is 10.2. The molecule has 1 aliphatic rings. The fourth-order valence-corrected chi connectivity index (χ4v) is 2.29. The van der Waals surface area contributed by atoms with E-state index in [1.807, 2.05) is 30.3 Å². The van der Waals surface area contributed by atoms with Crippen molar-refractivity contribution in [3.05, 3.63) is 35.9 Å². The van der Waals surface area contributed by atoms with Gasteiger partial charge in [-0.2, -0.15) is 13.5 Å². The van der Waals surface area contributed by atoms with Crippen molar-refractivity contribution in [3.63, 3.8) is 0 Å². The van der Waals surface area contributed by atoms with Gasteiger partial charge in [-0.3, -0.25) is 0 Å². The van der Waals surface area contributed by atoms with E-state index in [2.05, 4.69) is 13.7 Å². The highest BCUT2D eigenvalue weighted by molar-refractivity contribution is 7.81. The van der Waals surface area contributed by atoms with Crippen molar-refractivity contribution in [3.8, 4) is 0 Å². The molecule has 0 radical (unpaired) electrons. The number of nitrogens with zero attached hydrogens (tertiary/aromatic N) is 2. The van der Waals surface area contributed by atoms with Crippen LogP contribution in [-0.4, -0.2) is 31.6 Å². The number of hydroxylamine groups is 2. The van der Waals surface area contributed by atoms with Gasteiger partial charge in [0.05, 0.1) is 18.8 Å². The van der Waals surface area contributed by atoms with Crippen molar-refractivity contribution >= 4 is 16.4 Å². The molecule has 0 spiro atoms. The number of rotatable bonds is 5. The Morgan fingerprint density at radius 2 is 2.00 bits per heavy atom. The largest absolute Gasteiger partial charge is 0.491 e. The lowest BCUT2D eigenvalue weighted by Crippen LogP contribution is -2.51. The van der Waals surface area contributed by atoms with E-state index >= 15 is 0 Å². The van der Waals surface area contributed by atoms with E-state index in [0.29, 0.717) is 6.61 Å². The van der Waals surface area contributed by atoms with Crippen molar-refractivity contribution in [1.82, 2.24) is 5.06 Å². The van der Waals surface area contributed by atoms with Crippen molar-refractivity contribution in [2.45, 2.75) is 32.6 Å². The number of hydrogen-bond donors (Lipinski definition) is 1. The molecule has 2 rings (SSSR count). The summed E-state index contributed by atoms with van der Waals surface area (Å²) in [6.07, 6.45) is -0.354. The first-order valence-corrected chi connectivity index (χ1v) is 7.64. The number of oxime groups is 1. The van der Waals surface area contributed by atoms with Crippen molar-refractivity contribution in [2.75, 3.05) is 0 Å². The van der Waals surface area contributed by atoms with Crippen LogP contribution in [0.15, 0.2) is 35.5 Å². The third kappa shape index (κ3) is 4.06. The van der Waals surface area contributed by atoms with E-state index < -0.39 is 16.4 Å². The molecule has 2 atom stereocenters. The van der Waals surface area contributed by atoms with Crippen LogP contribution in [0.2, 0.25) is 0 Å². The molecule has 0 saturated carbocycles. The predicted octanol–water partition coefficient (Wildman–Crippen LogP) is 0.718. The second kappa shape index (κ2) is 6.29. The highest BCUT2D eigenvalue weighted by Gasteiger charge is 2.33. The van der Waals surface area contributed by atoms with Crippen molar-refractivity contribution < 1.29 is 21.7 Å². The molecule has 0 saturated heterocycles. The first-order chi connectivity index (χ1) is 9.89. The van der Waals surface area contributed by atoms with Crippen LogP contribution < -0.4 is 5.73 Å². The summed E-state index contributed by atoms with van der Waals surface area (Å²) in [5.74, 6) is -0.188. The molecule has 9 heteroatoms. The minimum absolute atomic E-state index is 0.188. The summed E-state index contributed by atoms with van der Waals surface area (Å²) in [5.41, 5.74) is 6.56. The molecule has 116 valence electrons. The van der Waals surface area contributed by atoms with Gasteiger partial charge in [-0.25, -0.2) is 4.28 Å². The fraction of sp³-hybridized carbons (Fsp3) is 0.417. The lowest BCUT2D eigenvalue weighted by molar-refractivity contribution is -0.0953. The first kappa shape index (κ1) is 15.5. The van der Waals surface area contributed by atoms with Gasteiger partial charge in [-0.1, -0.05) is 30.3 Å². The quantitative estimate of drug-likeness (QED) is 0.853. The number of guanidine groups is 1. The van der Waals surface area contributed by atoms with Crippen molar-refractivity contribution in [1.29, 1.82) is 0 Å². The molecule has 0 aliphatic carbocycles. The van der Waals surface area contributed by atoms with E-state index in [-0.39, 0.29) is 12.1 Å². The van der Waals surface area contributed by atoms with Gasteiger partial charge in [-0.05, 0) is 24.6 Å². The molecule has 1 aliphatic heterocycles. The standard InChI is InChI=1S/C12H17N3O5S/c1-9(15-12(13)14-19-21(16,17)20-15)10(2)18-8-11-6-4-3-5-7-11/h3-7,9-10H,8H2,1-2H3,(H2,13,14). The van der Waals surface area contributed by atoms with Crippen LogP contribution in [-0.2, 0) is 30.3 Å². The minimum Gasteiger partial charge on any atom is -0.372 e. The molecule has 1 aromatic carbocycles. The fourth-order valence-electron chi connectivity index (χ4n) is 1.68. The van der Waals surface area contributed by atoms with Crippen LogP contribution >= 0.6 is 0 Å². The van der Waals surface area contributed by atoms with Gasteiger partial charge in [0.15, 0.2) is 0 Å². The van der Waals surface area contributed by atoms with Gasteiger partial charge >= 0.3 is 10.4 Å². The van der Waals surface area contributed by atoms with Crippen LogP contribution in [0.3, 0.4) is 0 Å². The average molecular weight is 315 g/mol. The maximum Gasteiger partial charge on any atom is 0.491 e. The van der Waals surface area contributed by atoms with E-state index in [9.17, 15) is 8.42 Å². The Morgan fingerprint density at radius 3 is 2.67 bits per heavy atom. The Labute approximate surface area is 123 Å². The molecule has 0 amide bonds. The predicted molar refractivity (Wildman–Crippen MR) is 74.7 cm³/mol. The number of hydrogen-bond acceptors (Lipinski definition) is 8. The normalized spacial score (nSPS) is 20.3. The Balaban J connectivity index is 1.97. The monoisotopic (exact) mass is 315 g/mol. The summed E-state index contributed by atoms with van der Waals surface area (Å²) in [6, 6.07) is 9.13. The van der Waals surface area contributed by atoms with Crippen LogP contribution in [0.25, 0.3) is 0 Å². The molecule has 0 fully saturated rings. The van der Waals surface area contributed by atoms with Crippen LogP contribution in [0.5, 0.6) is 0 Å². The molecular weight excluding hydrogens is 298 g/mol. The maximum atomic E-state index is 11.2. The average Bonchev–Trinajstić information content (AvgIpc) is 2.47. The molecule has 2 N–H and O–H groups in total. The van der Waals surface area contributed by atoms with E-state index in [4.69, 9.17) is 10.5 Å². The van der Waals surface area contributed by atoms with Gasteiger partial charge in [0, 0.05) is 0 Å². The highest BCUT2D eigenvalue weighted by atomic mass is 32.3. The lowest BCUT2D eigenvalue weighted by Gasteiger charge is -2.32. The molecule has 0 bridgehead atoms. The van der Waals surface area contributed by atoms with Crippen LogP contribution in [0.1, 0.15) is 19.4 Å². The van der Waals surface area contributed by atoms with Gasteiger partial charge in [0.1, 0.15) is 0 Å². The first-order valence-electron chi connectivity index (χ1n) is 6.30. The minimum atomic E-state index is -4.21. The summed E-state index contributed by atoms with van der Waals surface area (Å²) in [5, 5.41) is 4.19. The number of benzene rings is 1. The molecule has 1 aromatic rings. The molecule has 1 heterocycles. The summed E-state index contributed by atoms with van der Waals surface area (Å²) >= 11 is 0. The molecule has 21 heavy (non-hydrogen) atoms. The third-order valence-corrected chi connectivity index (χ3v) is 3.62. The van der Waals surface area contributed by atoms with E-state index in [1.54, 1.807) is 13.8 Å². The molecule has 0 aromatic heterocycles. The zero-order valence-corrected chi connectivity index (χ0v) is 12.5. The molecular formula is C12H17N3O5S. The summed E-state index contributed by atoms with van der Waals surface area (Å²) < 4.78 is 36.9. The Bertz CT molecular complexity index is 605. The van der Waals surface area contributed by atoms with Gasteiger partial charge in [0.25, 0.3) is 5.96 Å². The smallest absolute Gasteiger partial charge is 0.372 e. The third-order valence-electron chi connectivity index (χ3n) is 3.02. The summed E-state index contributed by atoms with van der Waals surface area (Å²) in [4.78, 5) is 0. The zero-order valence-electron chi connectivity index (χ0n) is 11.7. The van der Waals surface area contributed by atoms with Gasteiger partial charge < -0.3 is 10.5 Å². The summed E-state index contributed by atoms with van der Waals surface area (Å²) in [7, 11) is -4.21. The Hall–Kier alpha value is -1.84. The summed E-state index contributed by atoms with van der Waals surface area (Å²) in [6.45, 7) is 3.88. The van der Waals surface area contributed by atoms with Crippen molar-refractivity contribution in [2.24, 2.45) is 10.9 Å². The second-order valence-corrected chi connectivity index (χ2v) is 5.69.